The smallest absolute Gasteiger partial charge is 0.148 e. The second-order valence-electron chi connectivity index (χ2n) is 6.87. The average molecular weight is 308 g/mol. The summed E-state index contributed by atoms with van der Waals surface area (Å²) in [6.07, 6.45) is 4.87. The van der Waals surface area contributed by atoms with Gasteiger partial charge in [-0.25, -0.2) is 0 Å². The molecule has 0 radical (unpaired) electrons. The summed E-state index contributed by atoms with van der Waals surface area (Å²) in [6.45, 7) is 4.29. The van der Waals surface area contributed by atoms with Crippen LogP contribution in [-0.4, -0.2) is 40.3 Å². The number of aromatic nitrogens is 2. The minimum atomic E-state index is 0.476. The number of piperidine rings is 1. The van der Waals surface area contributed by atoms with Gasteiger partial charge in [-0.1, -0.05) is 24.3 Å². The van der Waals surface area contributed by atoms with Gasteiger partial charge in [0.15, 0.2) is 0 Å². The van der Waals surface area contributed by atoms with Gasteiger partial charge in [-0.15, -0.1) is 5.10 Å². The lowest BCUT2D eigenvalue weighted by molar-refractivity contribution is 0.158. The molecule has 1 fully saturated rings. The summed E-state index contributed by atoms with van der Waals surface area (Å²) in [5.41, 5.74) is 4.04. The molecule has 1 atom stereocenters. The summed E-state index contributed by atoms with van der Waals surface area (Å²) in [5, 5.41) is 12.0. The SMILES string of the molecule is Cc1ccc(NC2CCCN(C3Cc4ccccc4C3)C2)nn1. The van der Waals surface area contributed by atoms with E-state index in [0.29, 0.717) is 12.1 Å². The molecule has 4 heteroatoms. The number of nitrogens with zero attached hydrogens (tertiary/aromatic N) is 3. The molecule has 1 aliphatic heterocycles. The van der Waals surface area contributed by atoms with Crippen molar-refractivity contribution in [3.05, 3.63) is 53.2 Å². The molecule has 2 heterocycles. The van der Waals surface area contributed by atoms with E-state index in [1.807, 2.05) is 19.1 Å². The van der Waals surface area contributed by atoms with Gasteiger partial charge in [0.1, 0.15) is 5.82 Å². The van der Waals surface area contributed by atoms with Gasteiger partial charge < -0.3 is 5.32 Å². The molecule has 1 saturated heterocycles. The quantitative estimate of drug-likeness (QED) is 0.946. The highest BCUT2D eigenvalue weighted by atomic mass is 15.2. The van der Waals surface area contributed by atoms with Crippen molar-refractivity contribution in [3.63, 3.8) is 0 Å². The van der Waals surface area contributed by atoms with Crippen LogP contribution in [-0.2, 0) is 12.8 Å². The monoisotopic (exact) mass is 308 g/mol. The van der Waals surface area contributed by atoms with E-state index in [9.17, 15) is 0 Å². The molecule has 2 aliphatic rings. The highest BCUT2D eigenvalue weighted by Gasteiger charge is 2.30. The molecule has 1 aromatic carbocycles. The van der Waals surface area contributed by atoms with Crippen LogP contribution in [0.15, 0.2) is 36.4 Å². The number of aryl methyl sites for hydroxylation is 1. The summed E-state index contributed by atoms with van der Waals surface area (Å²) < 4.78 is 0. The summed E-state index contributed by atoms with van der Waals surface area (Å²) in [5.74, 6) is 0.900. The van der Waals surface area contributed by atoms with Crippen molar-refractivity contribution >= 4 is 5.82 Å². The maximum absolute atomic E-state index is 4.25. The van der Waals surface area contributed by atoms with Crippen LogP contribution in [0.2, 0.25) is 0 Å². The topological polar surface area (TPSA) is 41.0 Å². The lowest BCUT2D eigenvalue weighted by atomic mass is 10.0. The van der Waals surface area contributed by atoms with E-state index in [1.165, 1.54) is 43.4 Å². The van der Waals surface area contributed by atoms with Gasteiger partial charge in [0.05, 0.1) is 5.69 Å². The van der Waals surface area contributed by atoms with Crippen LogP contribution in [0.1, 0.15) is 29.7 Å². The van der Waals surface area contributed by atoms with Crippen molar-refractivity contribution in [2.45, 2.75) is 44.7 Å². The van der Waals surface area contributed by atoms with Gasteiger partial charge in [-0.2, -0.15) is 5.10 Å². The van der Waals surface area contributed by atoms with Gasteiger partial charge in [-0.05, 0) is 62.4 Å². The number of rotatable bonds is 3. The maximum atomic E-state index is 4.25. The van der Waals surface area contributed by atoms with E-state index in [4.69, 9.17) is 0 Å². The van der Waals surface area contributed by atoms with E-state index in [1.54, 1.807) is 0 Å². The van der Waals surface area contributed by atoms with E-state index < -0.39 is 0 Å². The third-order valence-electron chi connectivity index (χ3n) is 5.15. The number of benzene rings is 1. The third kappa shape index (κ3) is 3.22. The molecule has 0 bridgehead atoms. The normalized spacial score (nSPS) is 22.0. The van der Waals surface area contributed by atoms with Gasteiger partial charge in [0.2, 0.25) is 0 Å². The minimum absolute atomic E-state index is 0.476. The zero-order valence-electron chi connectivity index (χ0n) is 13.7. The lowest BCUT2D eigenvalue weighted by Crippen LogP contribution is -2.47. The zero-order valence-corrected chi connectivity index (χ0v) is 13.7. The van der Waals surface area contributed by atoms with Crippen molar-refractivity contribution in [3.8, 4) is 0 Å². The molecule has 0 saturated carbocycles. The van der Waals surface area contributed by atoms with Crippen LogP contribution in [0.25, 0.3) is 0 Å². The number of fused-ring (bicyclic) bond motifs is 1. The fourth-order valence-electron chi connectivity index (χ4n) is 3.93. The highest BCUT2D eigenvalue weighted by Crippen LogP contribution is 2.27. The molecule has 1 unspecified atom stereocenters. The van der Waals surface area contributed by atoms with Gasteiger partial charge in [0.25, 0.3) is 0 Å². The van der Waals surface area contributed by atoms with Crippen molar-refractivity contribution < 1.29 is 0 Å². The lowest BCUT2D eigenvalue weighted by Gasteiger charge is -2.37. The van der Waals surface area contributed by atoms with Gasteiger partial charge >= 0.3 is 0 Å². The van der Waals surface area contributed by atoms with Crippen molar-refractivity contribution in [2.24, 2.45) is 0 Å². The van der Waals surface area contributed by atoms with Crippen molar-refractivity contribution in [2.75, 3.05) is 18.4 Å². The molecule has 4 nitrogen and oxygen atoms in total. The molecule has 1 aromatic heterocycles. The first-order valence-corrected chi connectivity index (χ1v) is 8.65. The number of hydrogen-bond acceptors (Lipinski definition) is 4. The van der Waals surface area contributed by atoms with E-state index in [-0.39, 0.29) is 0 Å². The molecule has 23 heavy (non-hydrogen) atoms. The standard InChI is InChI=1S/C19H24N4/c1-14-8-9-19(22-21-14)20-17-7-4-10-23(13-17)18-11-15-5-2-3-6-16(15)12-18/h2-3,5-6,8-9,17-18H,4,7,10-13H2,1H3,(H,20,22). The summed E-state index contributed by atoms with van der Waals surface area (Å²) in [7, 11) is 0. The number of likely N-dealkylation sites (tertiary alicyclic amines) is 1. The second-order valence-corrected chi connectivity index (χ2v) is 6.87. The first-order valence-electron chi connectivity index (χ1n) is 8.65. The average Bonchev–Trinajstić information content (AvgIpc) is 3.01. The highest BCUT2D eigenvalue weighted by molar-refractivity contribution is 5.35. The first kappa shape index (κ1) is 14.6. The molecular formula is C19H24N4. The van der Waals surface area contributed by atoms with Crippen LogP contribution in [0.4, 0.5) is 5.82 Å². The molecule has 0 spiro atoms. The largest absolute Gasteiger partial charge is 0.365 e. The van der Waals surface area contributed by atoms with E-state index in [2.05, 4.69) is 44.7 Å². The predicted octanol–water partition coefficient (Wildman–Crippen LogP) is 2.83. The molecule has 1 aliphatic carbocycles. The molecule has 2 aromatic rings. The Hall–Kier alpha value is -1.94. The molecule has 120 valence electrons. The van der Waals surface area contributed by atoms with Crippen LogP contribution < -0.4 is 5.32 Å². The molecular weight excluding hydrogens is 284 g/mol. The number of anilines is 1. The second kappa shape index (κ2) is 6.28. The van der Waals surface area contributed by atoms with E-state index in [0.717, 1.165) is 18.1 Å². The Morgan fingerprint density at radius 2 is 1.83 bits per heavy atom. The maximum Gasteiger partial charge on any atom is 0.148 e. The number of hydrogen-bond donors (Lipinski definition) is 1. The Labute approximate surface area is 137 Å². The molecule has 1 N–H and O–H groups in total. The van der Waals surface area contributed by atoms with Crippen LogP contribution >= 0.6 is 0 Å². The summed E-state index contributed by atoms with van der Waals surface area (Å²) >= 11 is 0. The van der Waals surface area contributed by atoms with Crippen LogP contribution in [0.3, 0.4) is 0 Å². The van der Waals surface area contributed by atoms with Gasteiger partial charge in [-0.3, -0.25) is 4.90 Å². The van der Waals surface area contributed by atoms with Crippen LogP contribution in [0.5, 0.6) is 0 Å². The Morgan fingerprint density at radius 3 is 2.52 bits per heavy atom. The predicted molar refractivity (Wildman–Crippen MR) is 92.6 cm³/mol. The zero-order chi connectivity index (χ0) is 15.6. The Morgan fingerprint density at radius 1 is 1.04 bits per heavy atom. The molecule has 0 amide bonds. The van der Waals surface area contributed by atoms with E-state index >= 15 is 0 Å². The van der Waals surface area contributed by atoms with Crippen molar-refractivity contribution in [1.82, 2.24) is 15.1 Å². The summed E-state index contributed by atoms with van der Waals surface area (Å²) in [6, 6.07) is 14.1. The van der Waals surface area contributed by atoms with Crippen molar-refractivity contribution in [1.29, 1.82) is 0 Å². The Balaban J connectivity index is 1.39. The number of nitrogens with one attached hydrogen (secondary N) is 1. The summed E-state index contributed by atoms with van der Waals surface area (Å²) in [4.78, 5) is 2.67. The fourth-order valence-corrected chi connectivity index (χ4v) is 3.93. The fraction of sp³-hybridized carbons (Fsp3) is 0.474. The first-order chi connectivity index (χ1) is 11.3. The minimum Gasteiger partial charge on any atom is -0.365 e. The third-order valence-corrected chi connectivity index (χ3v) is 5.15. The van der Waals surface area contributed by atoms with Gasteiger partial charge in [0, 0.05) is 18.6 Å². The van der Waals surface area contributed by atoms with Crippen LogP contribution in [0, 0.1) is 6.92 Å². The Kier molecular flexibility index (Phi) is 4.00. The Bertz CT molecular complexity index is 642. The molecule has 4 rings (SSSR count).